The molecule has 0 amide bonds. The first-order valence-corrected chi connectivity index (χ1v) is 5.61. The summed E-state index contributed by atoms with van der Waals surface area (Å²) in [7, 11) is 0. The van der Waals surface area contributed by atoms with Crippen LogP contribution in [0.5, 0.6) is 0 Å². The van der Waals surface area contributed by atoms with Gasteiger partial charge in [0.25, 0.3) is 5.69 Å². The number of nitrogens with zero attached hydrogens (tertiary/aromatic N) is 1. The average Bonchev–Trinajstić information content (AvgIpc) is 2.30. The molecule has 0 spiro atoms. The number of nitro groups is 1. The molecule has 0 aliphatic carbocycles. The van der Waals surface area contributed by atoms with E-state index in [2.05, 4.69) is 0 Å². The molecule has 0 saturated heterocycles. The zero-order valence-corrected chi connectivity index (χ0v) is 10.3. The van der Waals surface area contributed by atoms with E-state index in [9.17, 15) is 10.1 Å². The fourth-order valence-electron chi connectivity index (χ4n) is 1.24. The van der Waals surface area contributed by atoms with Gasteiger partial charge in [0.05, 0.1) is 24.7 Å². The molecule has 0 aliphatic rings. The molecular formula is C11H14ClNO4. The van der Waals surface area contributed by atoms with Gasteiger partial charge < -0.3 is 9.47 Å². The van der Waals surface area contributed by atoms with Crippen molar-refractivity contribution in [1.29, 1.82) is 0 Å². The molecule has 0 fully saturated rings. The quantitative estimate of drug-likeness (QED) is 0.429. The van der Waals surface area contributed by atoms with Gasteiger partial charge in [0, 0.05) is 12.7 Å². The van der Waals surface area contributed by atoms with Crippen LogP contribution in [0.2, 0.25) is 5.02 Å². The first kappa shape index (κ1) is 13.9. The van der Waals surface area contributed by atoms with E-state index in [0.717, 1.165) is 5.56 Å². The van der Waals surface area contributed by atoms with Crippen molar-refractivity contribution < 1.29 is 14.4 Å². The highest BCUT2D eigenvalue weighted by Gasteiger charge is 2.12. The van der Waals surface area contributed by atoms with Crippen molar-refractivity contribution in [2.45, 2.75) is 13.5 Å². The van der Waals surface area contributed by atoms with Gasteiger partial charge in [-0.25, -0.2) is 0 Å². The molecule has 17 heavy (non-hydrogen) atoms. The van der Waals surface area contributed by atoms with Gasteiger partial charge in [-0.05, 0) is 18.6 Å². The van der Waals surface area contributed by atoms with E-state index in [1.165, 1.54) is 12.1 Å². The lowest BCUT2D eigenvalue weighted by molar-refractivity contribution is -0.384. The first-order valence-electron chi connectivity index (χ1n) is 5.23. The zero-order chi connectivity index (χ0) is 12.7. The summed E-state index contributed by atoms with van der Waals surface area (Å²) in [6, 6.07) is 4.62. The molecule has 0 heterocycles. The van der Waals surface area contributed by atoms with E-state index >= 15 is 0 Å². The van der Waals surface area contributed by atoms with Gasteiger partial charge in [-0.2, -0.15) is 0 Å². The van der Waals surface area contributed by atoms with E-state index in [0.29, 0.717) is 26.4 Å². The van der Waals surface area contributed by atoms with Gasteiger partial charge in [0.1, 0.15) is 5.02 Å². The normalized spacial score (nSPS) is 10.5. The molecule has 1 aromatic carbocycles. The molecule has 1 rings (SSSR count). The van der Waals surface area contributed by atoms with Crippen LogP contribution in [0.3, 0.4) is 0 Å². The Bertz CT molecular complexity index is 384. The molecule has 0 aliphatic heterocycles. The Hall–Kier alpha value is -1.17. The van der Waals surface area contributed by atoms with Gasteiger partial charge in [0.15, 0.2) is 0 Å². The van der Waals surface area contributed by atoms with Crippen molar-refractivity contribution in [2.24, 2.45) is 0 Å². The van der Waals surface area contributed by atoms with Crippen LogP contribution in [-0.4, -0.2) is 24.7 Å². The van der Waals surface area contributed by atoms with Gasteiger partial charge in [-0.15, -0.1) is 0 Å². The Labute approximate surface area is 104 Å². The largest absolute Gasteiger partial charge is 0.379 e. The van der Waals surface area contributed by atoms with E-state index in [-0.39, 0.29) is 10.7 Å². The molecule has 94 valence electrons. The molecule has 0 atom stereocenters. The zero-order valence-electron chi connectivity index (χ0n) is 9.52. The smallest absolute Gasteiger partial charge is 0.288 e. The van der Waals surface area contributed by atoms with Crippen molar-refractivity contribution in [3.05, 3.63) is 38.9 Å². The van der Waals surface area contributed by atoms with E-state index in [1.54, 1.807) is 6.07 Å². The SMILES string of the molecule is CCOCCOCc1ccc(Cl)c([N+](=O)[O-])c1. The molecule has 0 radical (unpaired) electrons. The van der Waals surface area contributed by atoms with Crippen LogP contribution in [0, 0.1) is 10.1 Å². The summed E-state index contributed by atoms with van der Waals surface area (Å²) in [4.78, 5) is 10.1. The Morgan fingerprint density at radius 2 is 2.06 bits per heavy atom. The van der Waals surface area contributed by atoms with Crippen LogP contribution in [0.15, 0.2) is 18.2 Å². The van der Waals surface area contributed by atoms with Gasteiger partial charge >= 0.3 is 0 Å². The Morgan fingerprint density at radius 1 is 1.35 bits per heavy atom. The van der Waals surface area contributed by atoms with Crippen LogP contribution < -0.4 is 0 Å². The number of hydrogen-bond donors (Lipinski definition) is 0. The minimum atomic E-state index is -0.508. The van der Waals surface area contributed by atoms with Gasteiger partial charge in [-0.3, -0.25) is 10.1 Å². The fraction of sp³-hybridized carbons (Fsp3) is 0.455. The first-order chi connectivity index (χ1) is 8.15. The topological polar surface area (TPSA) is 61.6 Å². The summed E-state index contributed by atoms with van der Waals surface area (Å²) >= 11 is 5.69. The molecular weight excluding hydrogens is 246 g/mol. The van der Waals surface area contributed by atoms with E-state index in [4.69, 9.17) is 21.1 Å². The van der Waals surface area contributed by atoms with Crippen molar-refractivity contribution in [3.63, 3.8) is 0 Å². The Morgan fingerprint density at radius 3 is 2.71 bits per heavy atom. The number of ether oxygens (including phenoxy) is 2. The monoisotopic (exact) mass is 259 g/mol. The number of hydrogen-bond acceptors (Lipinski definition) is 4. The lowest BCUT2D eigenvalue weighted by Crippen LogP contribution is -2.04. The summed E-state index contributed by atoms with van der Waals surface area (Å²) in [5, 5.41) is 10.8. The average molecular weight is 260 g/mol. The molecule has 0 N–H and O–H groups in total. The van der Waals surface area contributed by atoms with Crippen LogP contribution in [-0.2, 0) is 16.1 Å². The van der Waals surface area contributed by atoms with Crippen molar-refractivity contribution in [2.75, 3.05) is 19.8 Å². The molecule has 0 aromatic heterocycles. The minimum absolute atomic E-state index is 0.0995. The number of halogens is 1. The maximum atomic E-state index is 10.6. The third-order valence-electron chi connectivity index (χ3n) is 2.05. The molecule has 1 aromatic rings. The maximum absolute atomic E-state index is 10.6. The Kier molecular flexibility index (Phi) is 5.90. The van der Waals surface area contributed by atoms with Gasteiger partial charge in [0.2, 0.25) is 0 Å². The summed E-state index contributed by atoms with van der Waals surface area (Å²) < 4.78 is 10.4. The van der Waals surface area contributed by atoms with E-state index in [1.807, 2.05) is 6.92 Å². The molecule has 0 bridgehead atoms. The summed E-state index contributed by atoms with van der Waals surface area (Å²) in [5.41, 5.74) is 0.621. The lowest BCUT2D eigenvalue weighted by Gasteiger charge is -2.05. The third-order valence-corrected chi connectivity index (χ3v) is 2.37. The summed E-state index contributed by atoms with van der Waals surface area (Å²) in [6.07, 6.45) is 0. The highest BCUT2D eigenvalue weighted by Crippen LogP contribution is 2.25. The predicted octanol–water partition coefficient (Wildman–Crippen LogP) is 2.80. The fourth-order valence-corrected chi connectivity index (χ4v) is 1.43. The van der Waals surface area contributed by atoms with Crippen molar-refractivity contribution in [1.82, 2.24) is 0 Å². The van der Waals surface area contributed by atoms with E-state index < -0.39 is 4.92 Å². The van der Waals surface area contributed by atoms with Crippen molar-refractivity contribution >= 4 is 17.3 Å². The second kappa shape index (κ2) is 7.21. The van der Waals surface area contributed by atoms with Crippen LogP contribution >= 0.6 is 11.6 Å². The second-order valence-electron chi connectivity index (χ2n) is 3.29. The summed E-state index contributed by atoms with van der Waals surface area (Å²) in [5.74, 6) is 0. The van der Waals surface area contributed by atoms with Crippen LogP contribution in [0.1, 0.15) is 12.5 Å². The molecule has 0 unspecified atom stereocenters. The highest BCUT2D eigenvalue weighted by molar-refractivity contribution is 6.32. The lowest BCUT2D eigenvalue weighted by atomic mass is 10.2. The maximum Gasteiger partial charge on any atom is 0.288 e. The molecule has 6 heteroatoms. The minimum Gasteiger partial charge on any atom is -0.379 e. The standard InChI is InChI=1S/C11H14ClNO4/c1-2-16-5-6-17-8-9-3-4-10(12)11(7-9)13(14)15/h3-4,7H,2,5-6,8H2,1H3. The second-order valence-corrected chi connectivity index (χ2v) is 3.70. The predicted molar refractivity (Wildman–Crippen MR) is 64.3 cm³/mol. The van der Waals surface area contributed by atoms with Crippen LogP contribution in [0.25, 0.3) is 0 Å². The highest BCUT2D eigenvalue weighted by atomic mass is 35.5. The van der Waals surface area contributed by atoms with Crippen molar-refractivity contribution in [3.8, 4) is 0 Å². The van der Waals surface area contributed by atoms with Gasteiger partial charge in [-0.1, -0.05) is 17.7 Å². The number of nitro benzene ring substituents is 1. The van der Waals surface area contributed by atoms with Crippen LogP contribution in [0.4, 0.5) is 5.69 Å². The number of rotatable bonds is 7. The Balaban J connectivity index is 2.49. The number of benzene rings is 1. The molecule has 5 nitrogen and oxygen atoms in total. The molecule has 0 saturated carbocycles. The summed E-state index contributed by atoms with van der Waals surface area (Å²) in [6.45, 7) is 3.85. The third kappa shape index (κ3) is 4.68.